The van der Waals surface area contributed by atoms with Crippen LogP contribution < -0.4 is 5.32 Å². The topological polar surface area (TPSA) is 68.4 Å². The maximum atomic E-state index is 13.3. The predicted octanol–water partition coefficient (Wildman–Crippen LogP) is 5.91. The fraction of sp³-hybridized carbons (Fsp3) is 0.226. The molecule has 0 radical (unpaired) electrons. The number of aromatic amines is 1. The molecule has 192 valence electrons. The van der Waals surface area contributed by atoms with E-state index < -0.39 is 0 Å². The molecule has 6 rings (SSSR count). The molecule has 2 aliphatic heterocycles. The number of thiophene rings is 1. The van der Waals surface area contributed by atoms with E-state index in [2.05, 4.69) is 52.6 Å². The van der Waals surface area contributed by atoms with Gasteiger partial charge < -0.3 is 20.1 Å². The third-order valence-electron chi connectivity index (χ3n) is 7.52. The summed E-state index contributed by atoms with van der Waals surface area (Å²) in [7, 11) is 2.08. The Morgan fingerprint density at radius 2 is 1.63 bits per heavy atom. The van der Waals surface area contributed by atoms with E-state index in [4.69, 9.17) is 0 Å². The predicted molar refractivity (Wildman–Crippen MR) is 155 cm³/mol. The van der Waals surface area contributed by atoms with Crippen molar-refractivity contribution in [2.45, 2.75) is 13.8 Å². The molecule has 0 atom stereocenters. The summed E-state index contributed by atoms with van der Waals surface area (Å²) in [5, 5.41) is 3.04. The normalized spacial score (nSPS) is 16.7. The second-order valence-electron chi connectivity index (χ2n) is 10.1. The monoisotopic (exact) mass is 522 g/mol. The molecule has 4 heterocycles. The zero-order valence-corrected chi connectivity index (χ0v) is 22.6. The highest BCUT2D eigenvalue weighted by Gasteiger charge is 2.28. The quantitative estimate of drug-likeness (QED) is 0.328. The number of nitrogens with zero attached hydrogens (tertiary/aromatic N) is 2. The van der Waals surface area contributed by atoms with Crippen LogP contribution in [0.4, 0.5) is 5.69 Å². The van der Waals surface area contributed by atoms with Crippen molar-refractivity contribution in [3.63, 3.8) is 0 Å². The number of aromatic nitrogens is 1. The number of carbonyl (C=O) groups is 2. The van der Waals surface area contributed by atoms with E-state index in [9.17, 15) is 9.59 Å². The highest BCUT2D eigenvalue weighted by Crippen LogP contribution is 2.40. The summed E-state index contributed by atoms with van der Waals surface area (Å²) < 4.78 is 0. The van der Waals surface area contributed by atoms with E-state index in [-0.39, 0.29) is 11.8 Å². The highest BCUT2D eigenvalue weighted by atomic mass is 32.1. The number of hydrogen-bond donors (Lipinski definition) is 2. The molecule has 2 aromatic carbocycles. The molecule has 0 saturated carbocycles. The first-order valence-electron chi connectivity index (χ1n) is 12.9. The number of H-pyrrole nitrogens is 1. The molecule has 0 bridgehead atoms. The lowest BCUT2D eigenvalue weighted by Gasteiger charge is -2.32. The Kier molecular flexibility index (Phi) is 6.26. The van der Waals surface area contributed by atoms with Gasteiger partial charge in [-0.1, -0.05) is 42.5 Å². The highest BCUT2D eigenvalue weighted by molar-refractivity contribution is 7.18. The molecule has 1 fully saturated rings. The molecular formula is C31H30N4O2S. The number of anilines is 1. The van der Waals surface area contributed by atoms with Crippen molar-refractivity contribution in [2.75, 3.05) is 38.5 Å². The van der Waals surface area contributed by atoms with Crippen molar-refractivity contribution in [3.05, 3.63) is 88.7 Å². The molecule has 38 heavy (non-hydrogen) atoms. The van der Waals surface area contributed by atoms with Crippen LogP contribution in [0.5, 0.6) is 0 Å². The first kappa shape index (κ1) is 24.4. The Balaban J connectivity index is 1.28. The number of nitrogens with one attached hydrogen (secondary N) is 2. The van der Waals surface area contributed by atoms with Gasteiger partial charge in [-0.15, -0.1) is 11.3 Å². The van der Waals surface area contributed by atoms with Gasteiger partial charge in [0.2, 0.25) is 0 Å². The molecule has 2 aliphatic rings. The standard InChI is InChI=1S/C31H30N4O2S/c1-19-25(32-20(2)29(19)31(37)35-15-13-34(3)14-16-35)18-24-23-10-9-22(17-26(23)33-30(24)36)28-12-11-27(38-28)21-7-5-4-6-8-21/h4-12,17-18,32H,13-16H2,1-3H3,(H,33,36)/b24-18-. The van der Waals surface area contributed by atoms with Crippen LogP contribution in [0.25, 0.3) is 32.5 Å². The van der Waals surface area contributed by atoms with Crippen molar-refractivity contribution in [2.24, 2.45) is 0 Å². The Labute approximate surface area is 226 Å². The third kappa shape index (κ3) is 4.38. The van der Waals surface area contributed by atoms with Crippen molar-refractivity contribution in [3.8, 4) is 20.9 Å². The Morgan fingerprint density at radius 3 is 2.37 bits per heavy atom. The van der Waals surface area contributed by atoms with E-state index in [1.807, 2.05) is 55.2 Å². The third-order valence-corrected chi connectivity index (χ3v) is 8.70. The number of carbonyl (C=O) groups excluding carboxylic acids is 2. The van der Waals surface area contributed by atoms with Gasteiger partial charge in [-0.3, -0.25) is 9.59 Å². The Morgan fingerprint density at radius 1 is 0.921 bits per heavy atom. The lowest BCUT2D eigenvalue weighted by molar-refractivity contribution is -0.110. The van der Waals surface area contributed by atoms with Gasteiger partial charge >= 0.3 is 0 Å². The van der Waals surface area contributed by atoms with Gasteiger partial charge in [0, 0.05) is 58.6 Å². The fourth-order valence-electron chi connectivity index (χ4n) is 5.29. The smallest absolute Gasteiger partial charge is 0.256 e. The minimum absolute atomic E-state index is 0.0562. The van der Waals surface area contributed by atoms with Crippen molar-refractivity contribution >= 4 is 40.5 Å². The lowest BCUT2D eigenvalue weighted by Crippen LogP contribution is -2.47. The van der Waals surface area contributed by atoms with Crippen LogP contribution in [-0.4, -0.2) is 59.8 Å². The number of amides is 2. The first-order chi connectivity index (χ1) is 18.4. The summed E-state index contributed by atoms with van der Waals surface area (Å²) >= 11 is 1.74. The maximum absolute atomic E-state index is 13.3. The molecule has 6 nitrogen and oxygen atoms in total. The van der Waals surface area contributed by atoms with Crippen LogP contribution in [0.3, 0.4) is 0 Å². The van der Waals surface area contributed by atoms with Gasteiger partial charge in [0.05, 0.1) is 11.1 Å². The van der Waals surface area contributed by atoms with E-state index in [0.717, 1.165) is 64.8 Å². The van der Waals surface area contributed by atoms with Gasteiger partial charge in [-0.2, -0.15) is 0 Å². The van der Waals surface area contributed by atoms with Crippen LogP contribution in [-0.2, 0) is 4.79 Å². The summed E-state index contributed by atoms with van der Waals surface area (Å²) in [4.78, 5) is 36.2. The summed E-state index contributed by atoms with van der Waals surface area (Å²) in [5.41, 5.74) is 7.78. The number of fused-ring (bicyclic) bond motifs is 1. The number of likely N-dealkylation sites (N-methyl/N-ethyl adjacent to an activating group) is 1. The molecule has 0 spiro atoms. The fourth-order valence-corrected chi connectivity index (χ4v) is 6.30. The number of hydrogen-bond acceptors (Lipinski definition) is 4. The van der Waals surface area contributed by atoms with Gasteiger partial charge in [-0.25, -0.2) is 0 Å². The number of aryl methyl sites for hydroxylation is 1. The molecule has 2 N–H and O–H groups in total. The summed E-state index contributed by atoms with van der Waals surface area (Å²) in [5.74, 6) is -0.0763. The largest absolute Gasteiger partial charge is 0.358 e. The van der Waals surface area contributed by atoms with E-state index in [1.54, 1.807) is 11.3 Å². The molecule has 0 aliphatic carbocycles. The minimum atomic E-state index is -0.132. The van der Waals surface area contributed by atoms with Crippen LogP contribution in [0.2, 0.25) is 0 Å². The first-order valence-corrected chi connectivity index (χ1v) is 13.7. The van der Waals surface area contributed by atoms with Crippen molar-refractivity contribution in [1.82, 2.24) is 14.8 Å². The molecular weight excluding hydrogens is 492 g/mol. The van der Waals surface area contributed by atoms with E-state index in [0.29, 0.717) is 11.1 Å². The van der Waals surface area contributed by atoms with Gasteiger partial charge in [-0.05, 0) is 61.9 Å². The number of benzene rings is 2. The van der Waals surface area contributed by atoms with Crippen LogP contribution in [0.1, 0.15) is 32.9 Å². The zero-order chi connectivity index (χ0) is 26.4. The lowest BCUT2D eigenvalue weighted by atomic mass is 10.0. The maximum Gasteiger partial charge on any atom is 0.256 e. The molecule has 1 saturated heterocycles. The second-order valence-corrected chi connectivity index (χ2v) is 11.1. The van der Waals surface area contributed by atoms with E-state index in [1.165, 1.54) is 10.4 Å². The molecule has 2 amide bonds. The SMILES string of the molecule is Cc1[nH]c(/C=C2\C(=O)Nc3cc(-c4ccc(-c5ccccc5)s4)ccc32)c(C)c1C(=O)N1CCN(C)CC1. The summed E-state index contributed by atoms with van der Waals surface area (Å²) in [6, 6.07) is 20.8. The average molecular weight is 523 g/mol. The number of rotatable bonds is 4. The van der Waals surface area contributed by atoms with Crippen molar-refractivity contribution < 1.29 is 9.59 Å². The van der Waals surface area contributed by atoms with E-state index >= 15 is 0 Å². The van der Waals surface area contributed by atoms with Gasteiger partial charge in [0.1, 0.15) is 0 Å². The molecule has 2 aromatic heterocycles. The summed E-state index contributed by atoms with van der Waals surface area (Å²) in [6.07, 6.45) is 1.88. The zero-order valence-electron chi connectivity index (χ0n) is 21.8. The Bertz CT molecular complexity index is 1570. The Hall–Kier alpha value is -3.94. The summed E-state index contributed by atoms with van der Waals surface area (Å²) in [6.45, 7) is 7.09. The van der Waals surface area contributed by atoms with Crippen LogP contribution >= 0.6 is 11.3 Å². The molecule has 4 aromatic rings. The average Bonchev–Trinajstić information content (AvgIpc) is 3.61. The molecule has 0 unspecified atom stereocenters. The number of piperazine rings is 1. The van der Waals surface area contributed by atoms with Crippen molar-refractivity contribution in [1.29, 1.82) is 0 Å². The van der Waals surface area contributed by atoms with Crippen LogP contribution in [0, 0.1) is 13.8 Å². The van der Waals surface area contributed by atoms with Gasteiger partial charge in [0.15, 0.2) is 0 Å². The second kappa shape index (κ2) is 9.74. The minimum Gasteiger partial charge on any atom is -0.358 e. The molecule has 7 heteroatoms. The van der Waals surface area contributed by atoms with Gasteiger partial charge in [0.25, 0.3) is 11.8 Å². The van der Waals surface area contributed by atoms with Crippen LogP contribution in [0.15, 0.2) is 60.7 Å².